The minimum absolute atomic E-state index is 0.189. The predicted molar refractivity (Wildman–Crippen MR) is 114 cm³/mol. The number of aromatic nitrogens is 4. The van der Waals surface area contributed by atoms with Gasteiger partial charge in [-0.05, 0) is 17.2 Å². The van der Waals surface area contributed by atoms with Crippen LogP contribution in [0.1, 0.15) is 10.4 Å². The molecule has 0 amide bonds. The van der Waals surface area contributed by atoms with Crippen molar-refractivity contribution in [2.45, 2.75) is 0 Å². The standard InChI is InChI=1S/C23H23N4O4/c1-26-13-19(12-25-26)16-4-6-17(7-5-16)21-14-27(30-3)15-22-20(21)10-18(11-24-22)23(28)31-9-8-29-2/h4-7,10-15H,8-9H2,1-3H3/q+1. The molecule has 158 valence electrons. The van der Waals surface area contributed by atoms with Crippen LogP contribution >= 0.6 is 0 Å². The zero-order valence-corrected chi connectivity index (χ0v) is 17.6. The first-order valence-electron chi connectivity index (χ1n) is 9.74. The highest BCUT2D eigenvalue weighted by Gasteiger charge is 2.17. The van der Waals surface area contributed by atoms with Gasteiger partial charge in [-0.3, -0.25) is 9.52 Å². The van der Waals surface area contributed by atoms with E-state index in [2.05, 4.69) is 10.1 Å². The van der Waals surface area contributed by atoms with Crippen molar-refractivity contribution in [3.05, 3.63) is 66.9 Å². The van der Waals surface area contributed by atoms with Gasteiger partial charge in [-0.15, -0.1) is 0 Å². The van der Waals surface area contributed by atoms with E-state index in [0.717, 1.165) is 27.6 Å². The average Bonchev–Trinajstić information content (AvgIpc) is 3.24. The number of carbonyl (C=O) groups is 1. The van der Waals surface area contributed by atoms with Crippen molar-refractivity contribution < 1.29 is 23.8 Å². The molecule has 3 heterocycles. The minimum Gasteiger partial charge on any atom is -0.460 e. The first-order chi connectivity index (χ1) is 15.1. The van der Waals surface area contributed by atoms with Crippen molar-refractivity contribution in [1.82, 2.24) is 14.8 Å². The molecule has 3 aromatic heterocycles. The lowest BCUT2D eigenvalue weighted by Gasteiger charge is -2.08. The first kappa shape index (κ1) is 20.5. The highest BCUT2D eigenvalue weighted by molar-refractivity contribution is 5.99. The number of pyridine rings is 2. The highest BCUT2D eigenvalue weighted by atomic mass is 16.6. The lowest BCUT2D eigenvalue weighted by Crippen LogP contribution is -2.39. The summed E-state index contributed by atoms with van der Waals surface area (Å²) in [6.07, 6.45) is 8.94. The normalized spacial score (nSPS) is 10.9. The Kier molecular flexibility index (Phi) is 5.90. The summed E-state index contributed by atoms with van der Waals surface area (Å²) in [5.41, 5.74) is 5.04. The molecule has 0 atom stereocenters. The van der Waals surface area contributed by atoms with Gasteiger partial charge in [0.1, 0.15) is 19.2 Å². The summed E-state index contributed by atoms with van der Waals surface area (Å²) in [4.78, 5) is 22.2. The Morgan fingerprint density at radius 2 is 1.81 bits per heavy atom. The number of ether oxygens (including phenoxy) is 2. The molecule has 0 aliphatic carbocycles. The maximum atomic E-state index is 12.4. The van der Waals surface area contributed by atoms with Gasteiger partial charge in [0.15, 0.2) is 0 Å². The molecular formula is C23H23N4O4+. The van der Waals surface area contributed by atoms with Gasteiger partial charge in [0, 0.05) is 42.2 Å². The molecule has 0 radical (unpaired) electrons. The number of benzene rings is 1. The Balaban J connectivity index is 1.74. The summed E-state index contributed by atoms with van der Waals surface area (Å²) in [6.45, 7) is 0.531. The Labute approximate surface area is 179 Å². The van der Waals surface area contributed by atoms with Crippen LogP contribution in [0.3, 0.4) is 0 Å². The molecule has 4 rings (SSSR count). The number of hydrogen-bond donors (Lipinski definition) is 0. The van der Waals surface area contributed by atoms with E-state index in [4.69, 9.17) is 14.3 Å². The Morgan fingerprint density at radius 3 is 2.48 bits per heavy atom. The molecule has 0 aliphatic heterocycles. The third-order valence-electron chi connectivity index (χ3n) is 4.92. The molecule has 8 nitrogen and oxygen atoms in total. The summed E-state index contributed by atoms with van der Waals surface area (Å²) in [5.74, 6) is -0.437. The molecule has 0 aliphatic rings. The van der Waals surface area contributed by atoms with Crippen LogP contribution in [0, 0.1) is 0 Å². The second-order valence-electron chi connectivity index (χ2n) is 6.98. The summed E-state index contributed by atoms with van der Waals surface area (Å²) in [7, 11) is 5.04. The molecule has 0 unspecified atom stereocenters. The summed E-state index contributed by atoms with van der Waals surface area (Å²) < 4.78 is 13.5. The smallest absolute Gasteiger partial charge is 0.339 e. The third kappa shape index (κ3) is 4.39. The highest BCUT2D eigenvalue weighted by Crippen LogP contribution is 2.29. The fourth-order valence-electron chi connectivity index (χ4n) is 3.31. The number of rotatable bonds is 7. The molecule has 0 saturated heterocycles. The minimum atomic E-state index is -0.437. The summed E-state index contributed by atoms with van der Waals surface area (Å²) >= 11 is 0. The van der Waals surface area contributed by atoms with Crippen LogP contribution in [-0.4, -0.2) is 48.2 Å². The van der Waals surface area contributed by atoms with Gasteiger partial charge in [-0.25, -0.2) is 9.78 Å². The van der Waals surface area contributed by atoms with Gasteiger partial charge in [0.25, 0.3) is 0 Å². The van der Waals surface area contributed by atoms with Gasteiger partial charge in [-0.2, -0.15) is 5.10 Å². The van der Waals surface area contributed by atoms with E-state index in [0.29, 0.717) is 17.7 Å². The maximum Gasteiger partial charge on any atom is 0.339 e. The second-order valence-corrected chi connectivity index (χ2v) is 6.98. The molecule has 0 fully saturated rings. The lowest BCUT2D eigenvalue weighted by molar-refractivity contribution is -0.884. The fourth-order valence-corrected chi connectivity index (χ4v) is 3.31. The molecule has 4 aromatic rings. The van der Waals surface area contributed by atoms with Crippen LogP contribution in [0.2, 0.25) is 0 Å². The molecule has 0 saturated carbocycles. The zero-order valence-electron chi connectivity index (χ0n) is 17.6. The number of hydrogen-bond acceptors (Lipinski definition) is 6. The molecule has 0 spiro atoms. The third-order valence-corrected chi connectivity index (χ3v) is 4.92. The fraction of sp³-hybridized carbons (Fsp3) is 0.217. The summed E-state index contributed by atoms with van der Waals surface area (Å²) in [5, 5.41) is 5.05. The number of carbonyl (C=O) groups excluding carboxylic acids is 1. The van der Waals surface area contributed by atoms with E-state index in [9.17, 15) is 4.79 Å². The van der Waals surface area contributed by atoms with E-state index in [1.54, 1.807) is 35.9 Å². The average molecular weight is 419 g/mol. The lowest BCUT2D eigenvalue weighted by atomic mass is 9.99. The van der Waals surface area contributed by atoms with Crippen LogP contribution in [0.5, 0.6) is 0 Å². The molecule has 8 heteroatoms. The van der Waals surface area contributed by atoms with E-state index < -0.39 is 5.97 Å². The van der Waals surface area contributed by atoms with Crippen LogP contribution < -0.4 is 9.57 Å². The van der Waals surface area contributed by atoms with Crippen molar-refractivity contribution in [1.29, 1.82) is 0 Å². The quantitative estimate of drug-likeness (QED) is 0.260. The van der Waals surface area contributed by atoms with Crippen LogP contribution in [0.25, 0.3) is 33.2 Å². The Bertz CT molecular complexity index is 1220. The van der Waals surface area contributed by atoms with Crippen molar-refractivity contribution in [3.8, 4) is 22.3 Å². The van der Waals surface area contributed by atoms with Crippen molar-refractivity contribution in [2.24, 2.45) is 7.05 Å². The van der Waals surface area contributed by atoms with Crippen LogP contribution in [-0.2, 0) is 16.5 Å². The zero-order chi connectivity index (χ0) is 21.8. The van der Waals surface area contributed by atoms with Crippen LogP contribution in [0.15, 0.2) is 61.3 Å². The topological polar surface area (TPSA) is 79.3 Å². The van der Waals surface area contributed by atoms with Gasteiger partial charge in [-0.1, -0.05) is 24.3 Å². The maximum absolute atomic E-state index is 12.4. The first-order valence-corrected chi connectivity index (χ1v) is 9.74. The molecule has 1 aromatic carbocycles. The van der Waals surface area contributed by atoms with E-state index in [1.165, 1.54) is 6.20 Å². The number of fused-ring (bicyclic) bond motifs is 1. The number of esters is 1. The van der Waals surface area contributed by atoms with Crippen molar-refractivity contribution >= 4 is 16.9 Å². The van der Waals surface area contributed by atoms with Crippen molar-refractivity contribution in [2.75, 3.05) is 27.4 Å². The second kappa shape index (κ2) is 8.93. The molecule has 31 heavy (non-hydrogen) atoms. The largest absolute Gasteiger partial charge is 0.460 e. The summed E-state index contributed by atoms with van der Waals surface area (Å²) in [6, 6.07) is 9.93. The van der Waals surface area contributed by atoms with E-state index in [-0.39, 0.29) is 6.61 Å². The number of nitrogens with zero attached hydrogens (tertiary/aromatic N) is 4. The van der Waals surface area contributed by atoms with Gasteiger partial charge >= 0.3 is 5.97 Å². The Hall–Kier alpha value is -3.78. The number of aryl methyl sites for hydroxylation is 1. The number of methoxy groups -OCH3 is 1. The van der Waals surface area contributed by atoms with Gasteiger partial charge in [0.05, 0.1) is 23.9 Å². The van der Waals surface area contributed by atoms with E-state index in [1.807, 2.05) is 49.9 Å². The SMILES string of the molecule is COCCOC(=O)c1cnc2c[n+](OC)cc(-c3ccc(-c4cnn(C)c4)cc3)c2c1. The predicted octanol–water partition coefficient (Wildman–Crippen LogP) is 2.45. The monoisotopic (exact) mass is 419 g/mol. The van der Waals surface area contributed by atoms with Gasteiger partial charge < -0.3 is 9.47 Å². The molecular weight excluding hydrogens is 396 g/mol. The van der Waals surface area contributed by atoms with E-state index >= 15 is 0 Å². The van der Waals surface area contributed by atoms with Gasteiger partial charge in [0.2, 0.25) is 12.4 Å². The van der Waals surface area contributed by atoms with Crippen molar-refractivity contribution in [3.63, 3.8) is 0 Å². The molecule has 0 N–H and O–H groups in total. The molecule has 0 bridgehead atoms. The van der Waals surface area contributed by atoms with Crippen LogP contribution in [0.4, 0.5) is 0 Å². The Morgan fingerprint density at radius 1 is 1.03 bits per heavy atom.